The summed E-state index contributed by atoms with van der Waals surface area (Å²) in [6.45, 7) is 3.14. The summed E-state index contributed by atoms with van der Waals surface area (Å²) in [5.41, 5.74) is -1.49. The van der Waals surface area contributed by atoms with Crippen molar-refractivity contribution in [2.45, 2.75) is 32.3 Å². The van der Waals surface area contributed by atoms with Gasteiger partial charge in [0, 0.05) is 26.4 Å². The van der Waals surface area contributed by atoms with Gasteiger partial charge in [-0.05, 0) is 6.92 Å². The van der Waals surface area contributed by atoms with Crippen LogP contribution < -0.4 is 10.6 Å². The van der Waals surface area contributed by atoms with E-state index in [1.54, 1.807) is 6.92 Å². The first kappa shape index (κ1) is 15.9. The van der Waals surface area contributed by atoms with E-state index in [1.807, 2.05) is 0 Å². The lowest BCUT2D eigenvalue weighted by molar-refractivity contribution is -0.141. The van der Waals surface area contributed by atoms with Crippen LogP contribution in [0.25, 0.3) is 0 Å². The lowest BCUT2D eigenvalue weighted by Crippen LogP contribution is -2.46. The molecule has 1 aromatic heterocycles. The molecular formula is C11H18N4O5. The molecule has 2 amide bonds. The van der Waals surface area contributed by atoms with Crippen LogP contribution in [0.4, 0.5) is 4.79 Å². The number of carboxylic acid groups (broad SMARTS) is 1. The molecule has 9 nitrogen and oxygen atoms in total. The van der Waals surface area contributed by atoms with Crippen molar-refractivity contribution in [1.82, 2.24) is 20.8 Å². The average Bonchev–Trinajstić information content (AvgIpc) is 2.71. The van der Waals surface area contributed by atoms with Gasteiger partial charge in [-0.15, -0.1) is 0 Å². The Balaban J connectivity index is 2.22. The molecule has 112 valence electrons. The molecule has 0 fully saturated rings. The zero-order valence-corrected chi connectivity index (χ0v) is 11.3. The maximum Gasteiger partial charge on any atom is 0.314 e. The molecule has 0 radical (unpaired) electrons. The molecule has 20 heavy (non-hydrogen) atoms. The fourth-order valence-corrected chi connectivity index (χ4v) is 1.45. The fraction of sp³-hybridized carbons (Fsp3) is 0.636. The SMILES string of the molecule is Cc1nc(CCNC(=O)NCC(C)(O)CC(=O)O)no1. The summed E-state index contributed by atoms with van der Waals surface area (Å²) in [6.07, 6.45) is -0.0360. The molecular weight excluding hydrogens is 268 g/mol. The molecule has 0 aromatic carbocycles. The van der Waals surface area contributed by atoms with Crippen LogP contribution in [0.5, 0.6) is 0 Å². The first-order valence-corrected chi connectivity index (χ1v) is 6.03. The summed E-state index contributed by atoms with van der Waals surface area (Å²) in [4.78, 5) is 25.9. The number of nitrogens with one attached hydrogen (secondary N) is 2. The van der Waals surface area contributed by atoms with Gasteiger partial charge in [-0.1, -0.05) is 5.16 Å². The highest BCUT2D eigenvalue weighted by Gasteiger charge is 2.24. The number of carboxylic acids is 1. The normalized spacial score (nSPS) is 13.6. The molecule has 1 aromatic rings. The zero-order chi connectivity index (χ0) is 15.2. The molecule has 0 aliphatic heterocycles. The van der Waals surface area contributed by atoms with Crippen molar-refractivity contribution < 1.29 is 24.3 Å². The third kappa shape index (κ3) is 6.14. The molecule has 0 aliphatic carbocycles. The minimum absolute atomic E-state index is 0.160. The number of urea groups is 1. The smallest absolute Gasteiger partial charge is 0.314 e. The van der Waals surface area contributed by atoms with E-state index in [9.17, 15) is 14.7 Å². The molecule has 0 saturated heterocycles. The second kappa shape index (κ2) is 6.85. The number of aromatic nitrogens is 2. The third-order valence-electron chi connectivity index (χ3n) is 2.37. The van der Waals surface area contributed by atoms with Crippen LogP contribution in [-0.2, 0) is 11.2 Å². The van der Waals surface area contributed by atoms with Crippen molar-refractivity contribution in [1.29, 1.82) is 0 Å². The zero-order valence-electron chi connectivity index (χ0n) is 11.3. The van der Waals surface area contributed by atoms with E-state index < -0.39 is 24.0 Å². The highest BCUT2D eigenvalue weighted by atomic mass is 16.5. The van der Waals surface area contributed by atoms with Gasteiger partial charge in [0.15, 0.2) is 5.82 Å². The standard InChI is InChI=1S/C11H18N4O5/c1-7-14-8(15-20-7)3-4-12-10(18)13-6-11(2,19)5-9(16)17/h19H,3-6H2,1-2H3,(H,16,17)(H2,12,13,18). The number of carbonyl (C=O) groups is 2. The topological polar surface area (TPSA) is 138 Å². The minimum Gasteiger partial charge on any atom is -0.481 e. The number of rotatable bonds is 7. The minimum atomic E-state index is -1.49. The number of aliphatic hydroxyl groups is 1. The first-order chi connectivity index (χ1) is 9.28. The van der Waals surface area contributed by atoms with Gasteiger partial charge in [0.2, 0.25) is 5.89 Å². The van der Waals surface area contributed by atoms with Gasteiger partial charge in [0.25, 0.3) is 0 Å². The van der Waals surface area contributed by atoms with Gasteiger partial charge in [0.05, 0.1) is 12.0 Å². The van der Waals surface area contributed by atoms with E-state index >= 15 is 0 Å². The number of amides is 2. The lowest BCUT2D eigenvalue weighted by atomic mass is 10.0. The van der Waals surface area contributed by atoms with Crippen LogP contribution in [0.2, 0.25) is 0 Å². The Hall–Kier alpha value is -2.16. The van der Waals surface area contributed by atoms with Gasteiger partial charge >= 0.3 is 12.0 Å². The second-order valence-corrected chi connectivity index (χ2v) is 4.66. The summed E-state index contributed by atoms with van der Waals surface area (Å²) < 4.78 is 4.77. The maximum atomic E-state index is 11.4. The van der Waals surface area contributed by atoms with Crippen LogP contribution >= 0.6 is 0 Å². The van der Waals surface area contributed by atoms with Crippen LogP contribution in [0.3, 0.4) is 0 Å². The Bertz CT molecular complexity index is 471. The molecule has 9 heteroatoms. The van der Waals surface area contributed by atoms with E-state index in [2.05, 4.69) is 20.8 Å². The summed E-state index contributed by atoms with van der Waals surface area (Å²) in [7, 11) is 0. The third-order valence-corrected chi connectivity index (χ3v) is 2.37. The van der Waals surface area contributed by atoms with E-state index in [0.717, 1.165) is 0 Å². The van der Waals surface area contributed by atoms with Crippen LogP contribution in [0.15, 0.2) is 4.52 Å². The Labute approximate surface area is 115 Å². The summed E-state index contributed by atoms with van der Waals surface area (Å²) in [5, 5.41) is 26.9. The Morgan fingerprint density at radius 1 is 1.40 bits per heavy atom. The van der Waals surface area contributed by atoms with E-state index in [0.29, 0.717) is 24.7 Å². The van der Waals surface area contributed by atoms with Gasteiger partial charge in [-0.2, -0.15) is 4.98 Å². The van der Waals surface area contributed by atoms with Crippen LogP contribution in [0, 0.1) is 6.92 Å². The number of aliphatic carboxylic acids is 1. The van der Waals surface area contributed by atoms with Crippen molar-refractivity contribution in [3.05, 3.63) is 11.7 Å². The molecule has 0 bridgehead atoms. The predicted molar refractivity (Wildman–Crippen MR) is 67.0 cm³/mol. The van der Waals surface area contributed by atoms with Gasteiger partial charge in [-0.3, -0.25) is 4.79 Å². The Morgan fingerprint density at radius 2 is 2.10 bits per heavy atom. The fourth-order valence-electron chi connectivity index (χ4n) is 1.45. The van der Waals surface area contributed by atoms with E-state index in [1.165, 1.54) is 6.92 Å². The van der Waals surface area contributed by atoms with Crippen molar-refractivity contribution in [3.63, 3.8) is 0 Å². The van der Waals surface area contributed by atoms with Gasteiger partial charge < -0.3 is 25.4 Å². The molecule has 1 unspecified atom stereocenters. The highest BCUT2D eigenvalue weighted by molar-refractivity contribution is 5.74. The lowest BCUT2D eigenvalue weighted by Gasteiger charge is -2.21. The second-order valence-electron chi connectivity index (χ2n) is 4.66. The molecule has 1 rings (SSSR count). The highest BCUT2D eigenvalue weighted by Crippen LogP contribution is 2.06. The molecule has 4 N–H and O–H groups in total. The quantitative estimate of drug-likeness (QED) is 0.527. The molecule has 0 aliphatic rings. The number of aryl methyl sites for hydroxylation is 1. The summed E-state index contributed by atoms with van der Waals surface area (Å²) >= 11 is 0. The van der Waals surface area contributed by atoms with Crippen LogP contribution in [-0.4, -0.2) is 51.0 Å². The largest absolute Gasteiger partial charge is 0.481 e. The predicted octanol–water partition coefficient (Wildman–Crippen LogP) is -0.555. The maximum absolute atomic E-state index is 11.4. The van der Waals surface area contributed by atoms with Crippen molar-refractivity contribution >= 4 is 12.0 Å². The van der Waals surface area contributed by atoms with E-state index in [-0.39, 0.29) is 6.54 Å². The first-order valence-electron chi connectivity index (χ1n) is 6.03. The number of nitrogens with zero attached hydrogens (tertiary/aromatic N) is 2. The van der Waals surface area contributed by atoms with Crippen molar-refractivity contribution in [3.8, 4) is 0 Å². The van der Waals surface area contributed by atoms with Crippen molar-refractivity contribution in [2.75, 3.05) is 13.1 Å². The molecule has 1 heterocycles. The monoisotopic (exact) mass is 286 g/mol. The Morgan fingerprint density at radius 3 is 2.65 bits per heavy atom. The number of hydrogen-bond donors (Lipinski definition) is 4. The van der Waals surface area contributed by atoms with Crippen LogP contribution in [0.1, 0.15) is 25.1 Å². The van der Waals surface area contributed by atoms with Crippen molar-refractivity contribution in [2.24, 2.45) is 0 Å². The Kier molecular flexibility index (Phi) is 5.44. The molecule has 1 atom stereocenters. The number of hydrogen-bond acceptors (Lipinski definition) is 6. The summed E-state index contributed by atoms with van der Waals surface area (Å²) in [6, 6.07) is -0.504. The number of carbonyl (C=O) groups excluding carboxylic acids is 1. The van der Waals surface area contributed by atoms with Gasteiger partial charge in [-0.25, -0.2) is 4.79 Å². The molecule has 0 saturated carbocycles. The summed E-state index contributed by atoms with van der Waals surface area (Å²) in [5.74, 6) is -0.195. The average molecular weight is 286 g/mol. The molecule has 0 spiro atoms. The van der Waals surface area contributed by atoms with E-state index in [4.69, 9.17) is 9.63 Å². The van der Waals surface area contributed by atoms with Gasteiger partial charge in [0.1, 0.15) is 0 Å².